The monoisotopic (exact) mass is 1090 g/mol. The fourth-order valence-corrected chi connectivity index (χ4v) is 20.2. The molecule has 3 aromatic heterocycles. The molecular formula is C75H85N3O4. The van der Waals surface area contributed by atoms with Gasteiger partial charge in [0.15, 0.2) is 17.3 Å². The summed E-state index contributed by atoms with van der Waals surface area (Å²) in [7, 11) is 0. The highest BCUT2D eigenvalue weighted by molar-refractivity contribution is 5.97. The Morgan fingerprint density at radius 1 is 0.512 bits per heavy atom. The van der Waals surface area contributed by atoms with Gasteiger partial charge in [-0.2, -0.15) is 0 Å². The van der Waals surface area contributed by atoms with E-state index in [1.54, 1.807) is 11.1 Å². The second kappa shape index (κ2) is 19.6. The second-order valence-electron chi connectivity index (χ2n) is 28.8. The van der Waals surface area contributed by atoms with E-state index < -0.39 is 0 Å². The number of nitrogens with zero attached hydrogens (tertiary/aromatic N) is 3. The number of rotatable bonds is 3. The van der Waals surface area contributed by atoms with Crippen LogP contribution < -0.4 is 0 Å². The highest BCUT2D eigenvalue weighted by Crippen LogP contribution is 2.69. The van der Waals surface area contributed by atoms with Crippen molar-refractivity contribution >= 4 is 34.1 Å². The molecule has 3 heterocycles. The number of aromatic nitrogens is 3. The molecule has 0 unspecified atom stereocenters. The molecular weight excluding hydrogens is 1010 g/mol. The molecule has 0 amide bonds. The van der Waals surface area contributed by atoms with Crippen molar-refractivity contribution in [2.24, 2.45) is 73.4 Å². The van der Waals surface area contributed by atoms with Crippen LogP contribution in [0.25, 0.3) is 16.7 Å². The van der Waals surface area contributed by atoms with Crippen LogP contribution in [-0.4, -0.2) is 37.4 Å². The van der Waals surface area contributed by atoms with Gasteiger partial charge >= 0.3 is 0 Å². The van der Waals surface area contributed by atoms with E-state index in [9.17, 15) is 19.5 Å². The average molecular weight is 1090 g/mol. The molecule has 0 radical (unpaired) electrons. The fourth-order valence-electron chi connectivity index (χ4n) is 20.2. The van der Waals surface area contributed by atoms with Crippen molar-refractivity contribution in [1.29, 1.82) is 0 Å². The predicted molar refractivity (Wildman–Crippen MR) is 328 cm³/mol. The molecule has 0 spiro atoms. The Kier molecular flexibility index (Phi) is 13.1. The molecule has 5 saturated carbocycles. The van der Waals surface area contributed by atoms with E-state index in [4.69, 9.17) is 0 Å². The lowest BCUT2D eigenvalue weighted by molar-refractivity contribution is -0.130. The minimum atomic E-state index is -0.290. The van der Waals surface area contributed by atoms with Crippen molar-refractivity contribution in [2.45, 2.75) is 159 Å². The van der Waals surface area contributed by atoms with Gasteiger partial charge in [0.1, 0.15) is 5.78 Å². The Balaban J connectivity index is 0.000000115. The first-order valence-electron chi connectivity index (χ1n) is 31.3. The Hall–Kier alpha value is -6.34. The first kappa shape index (κ1) is 54.9. The molecule has 12 aliphatic rings. The van der Waals surface area contributed by atoms with E-state index >= 15 is 0 Å². The minimum Gasteiger partial charge on any atom is -0.504 e. The maximum absolute atomic E-state index is 12.6. The zero-order chi connectivity index (χ0) is 57.4. The lowest BCUT2D eigenvalue weighted by atomic mass is 9.46. The minimum absolute atomic E-state index is 0.00126. The highest BCUT2D eigenvalue weighted by atomic mass is 16.3. The number of pyridine rings is 3. The Labute approximate surface area is 487 Å². The summed E-state index contributed by atoms with van der Waals surface area (Å²) in [6.07, 6.45) is 47.7. The topological polar surface area (TPSA) is 110 Å². The highest BCUT2D eigenvalue weighted by Gasteiger charge is 2.60. The number of aliphatic hydroxyl groups is 1. The average Bonchev–Trinajstić information content (AvgIpc) is 3.92. The number of ketones is 3. The first-order valence-corrected chi connectivity index (χ1v) is 31.3. The van der Waals surface area contributed by atoms with Gasteiger partial charge in [-0.05, 0) is 195 Å². The van der Waals surface area contributed by atoms with Crippen LogP contribution in [0.4, 0.5) is 0 Å². The predicted octanol–water partition coefficient (Wildman–Crippen LogP) is 17.3. The lowest BCUT2D eigenvalue weighted by Gasteiger charge is -2.58. The van der Waals surface area contributed by atoms with Crippen molar-refractivity contribution in [1.82, 2.24) is 15.0 Å². The zero-order valence-corrected chi connectivity index (χ0v) is 50.2. The third kappa shape index (κ3) is 8.06. The molecule has 424 valence electrons. The second-order valence-corrected chi connectivity index (χ2v) is 28.8. The van der Waals surface area contributed by atoms with Crippen LogP contribution in [0.5, 0.6) is 0 Å². The lowest BCUT2D eigenvalue weighted by Crippen LogP contribution is -2.51. The molecule has 12 atom stereocenters. The van der Waals surface area contributed by atoms with Crippen molar-refractivity contribution in [3.8, 4) is 0 Å². The van der Waals surface area contributed by atoms with E-state index in [0.29, 0.717) is 53.5 Å². The van der Waals surface area contributed by atoms with Crippen LogP contribution in [-0.2, 0) is 14.4 Å². The number of Topliss-reactive ketones (excluding diaryl/α,β-unsaturated/α-hetero) is 3. The van der Waals surface area contributed by atoms with Crippen LogP contribution in [0.2, 0.25) is 0 Å². The molecule has 12 aliphatic carbocycles. The molecule has 0 saturated heterocycles. The summed E-state index contributed by atoms with van der Waals surface area (Å²) >= 11 is 0. The molecule has 1 N–H and O–H groups in total. The van der Waals surface area contributed by atoms with E-state index in [1.807, 2.05) is 61.5 Å². The van der Waals surface area contributed by atoms with Crippen LogP contribution in [0.3, 0.4) is 0 Å². The molecule has 0 bridgehead atoms. The number of allylic oxidation sites excluding steroid dienone is 20. The summed E-state index contributed by atoms with van der Waals surface area (Å²) in [6.45, 7) is 20.8. The van der Waals surface area contributed by atoms with Crippen molar-refractivity contribution in [3.05, 3.63) is 190 Å². The molecule has 7 heteroatoms. The van der Waals surface area contributed by atoms with Gasteiger partial charge in [0, 0.05) is 95.0 Å². The summed E-state index contributed by atoms with van der Waals surface area (Å²) in [5.74, 6) is 4.11. The van der Waals surface area contributed by atoms with Crippen molar-refractivity contribution in [2.75, 3.05) is 0 Å². The Morgan fingerprint density at radius 2 is 1.00 bits per heavy atom. The number of fused-ring (bicyclic) bond motifs is 15. The fraction of sp³-hybridized carbons (Fsp3) is 0.493. The van der Waals surface area contributed by atoms with Crippen molar-refractivity contribution in [3.63, 3.8) is 0 Å². The van der Waals surface area contributed by atoms with Gasteiger partial charge in [-0.3, -0.25) is 29.3 Å². The van der Waals surface area contributed by atoms with Gasteiger partial charge < -0.3 is 5.11 Å². The van der Waals surface area contributed by atoms with Gasteiger partial charge in [0.25, 0.3) is 0 Å². The Bertz CT molecular complexity index is 3530. The van der Waals surface area contributed by atoms with Gasteiger partial charge in [-0.15, -0.1) is 0 Å². The molecule has 3 aromatic rings. The summed E-state index contributed by atoms with van der Waals surface area (Å²) < 4.78 is 0. The summed E-state index contributed by atoms with van der Waals surface area (Å²) in [6, 6.07) is 12.6. The summed E-state index contributed by atoms with van der Waals surface area (Å²) in [5.41, 5.74) is 17.9. The number of carbonyl (C=O) groups excluding carboxylic acids is 3. The molecule has 7 nitrogen and oxygen atoms in total. The van der Waals surface area contributed by atoms with Crippen LogP contribution in [0, 0.1) is 73.4 Å². The maximum Gasteiger partial charge on any atom is 0.197 e. The van der Waals surface area contributed by atoms with E-state index in [-0.39, 0.29) is 49.4 Å². The number of hydrogen-bond acceptors (Lipinski definition) is 7. The number of aliphatic hydroxyl groups excluding tert-OH is 1. The van der Waals surface area contributed by atoms with Gasteiger partial charge in [-0.1, -0.05) is 142 Å². The molecule has 82 heavy (non-hydrogen) atoms. The SMILES string of the molecule is CC1(C)C(=O)CC[C@@]2(C)C1=CC[C@H]1C3=CC=C(c4cccnc4)[C@@]3(C)CC[C@@H]12.CC1=C2CC[C@H]3C4=CC=C(c5cccnc5)[C@@]4(C)CC[C@@H]3[C@@]2(C)CCC1=O.C[C@]12CC[C@H]3[C@@H](C=CC4=C(O)C(=O)CC[C@@]43C)C1=CC=C2c1cccnc1. The van der Waals surface area contributed by atoms with E-state index in [0.717, 1.165) is 68.9 Å². The molecule has 5 fully saturated rings. The summed E-state index contributed by atoms with van der Waals surface area (Å²) in [5, 5.41) is 10.4. The van der Waals surface area contributed by atoms with E-state index in [1.165, 1.54) is 82.2 Å². The van der Waals surface area contributed by atoms with Crippen LogP contribution >= 0.6 is 0 Å². The van der Waals surface area contributed by atoms with Crippen LogP contribution in [0.15, 0.2) is 173 Å². The molecule has 0 aliphatic heterocycles. The number of hydrogen-bond donors (Lipinski definition) is 1. The van der Waals surface area contributed by atoms with E-state index in [2.05, 4.69) is 144 Å². The van der Waals surface area contributed by atoms with Gasteiger partial charge in [0.05, 0.1) is 0 Å². The maximum atomic E-state index is 12.6. The smallest absolute Gasteiger partial charge is 0.197 e. The largest absolute Gasteiger partial charge is 0.504 e. The third-order valence-electron chi connectivity index (χ3n) is 24.8. The third-order valence-corrected chi connectivity index (χ3v) is 24.8. The number of carbonyl (C=O) groups is 3. The molecule has 15 rings (SSSR count). The van der Waals surface area contributed by atoms with Crippen LogP contribution in [0.1, 0.15) is 175 Å². The normalized spacial score (nSPS) is 38.0. The van der Waals surface area contributed by atoms with Gasteiger partial charge in [0.2, 0.25) is 0 Å². The zero-order valence-electron chi connectivity index (χ0n) is 50.2. The quantitative estimate of drug-likeness (QED) is 0.260. The molecule has 0 aromatic carbocycles. The standard InChI is InChI=1S/C26H31NO.C25H29NO.C24H25NO2/c1-24(2)22-10-7-18-20-9-8-19(17-6-5-15-27-16-17)25(20,3)13-11-21(18)26(22,4)14-12-23(24)28;1-16-19-7-6-18-21-9-8-20(17-5-4-14-26-15-17)25(21,3)12-10-22(18)24(19,2)13-11-23(16)27;1-23-11-9-19-16(5-6-20-22(27)21(26)10-12-24(19,20)2)18(23)8-7-17(23)15-4-3-13-25-14-15/h5-6,8-10,15-16,18,21H,7,11-14H2,1-4H3;4-5,8-9,14-15,18,22H,6-7,10-13H2,1-3H3;3-8,13-14,16,19,27H,9-12H2,1-2H3/t18-,21-,25+,26+;18-,22-,24-,25+;16-,19-,23+,24+/m000/s1. The van der Waals surface area contributed by atoms with Crippen molar-refractivity contribution < 1.29 is 19.5 Å². The van der Waals surface area contributed by atoms with Gasteiger partial charge in [-0.25, -0.2) is 0 Å². The first-order chi connectivity index (χ1) is 39.2. The Morgan fingerprint density at radius 3 is 1.56 bits per heavy atom. The summed E-state index contributed by atoms with van der Waals surface area (Å²) in [4.78, 5) is 50.0.